The number of benzene rings is 1. The molecule has 3 nitrogen and oxygen atoms in total. The summed E-state index contributed by atoms with van der Waals surface area (Å²) in [6.07, 6.45) is -0.164. The number of para-hydroxylation sites is 1. The van der Waals surface area contributed by atoms with Gasteiger partial charge < -0.3 is 10.2 Å². The van der Waals surface area contributed by atoms with Gasteiger partial charge >= 0.3 is 5.97 Å². The van der Waals surface area contributed by atoms with Crippen molar-refractivity contribution in [2.24, 2.45) is 0 Å². The summed E-state index contributed by atoms with van der Waals surface area (Å²) in [5, 5.41) is 17.4. The summed E-state index contributed by atoms with van der Waals surface area (Å²) in [6.45, 7) is 0. The van der Waals surface area contributed by atoms with Crippen LogP contribution in [0.25, 0.3) is 0 Å². The van der Waals surface area contributed by atoms with E-state index in [-0.39, 0.29) is 12.2 Å². The number of rotatable bonds is 2. The predicted molar refractivity (Wildman–Crippen MR) is 38.3 cm³/mol. The summed E-state index contributed by atoms with van der Waals surface area (Å²) in [5.41, 5.74) is 0.389. The molecule has 1 aromatic carbocycles. The van der Waals surface area contributed by atoms with Crippen molar-refractivity contribution in [2.75, 3.05) is 0 Å². The van der Waals surface area contributed by atoms with Gasteiger partial charge in [-0.25, -0.2) is 0 Å². The fraction of sp³-hybridized carbons (Fsp3) is 0.125. The number of aliphatic carboxylic acids is 1. The molecule has 0 unspecified atom stereocenters. The van der Waals surface area contributed by atoms with Gasteiger partial charge in [-0.15, -0.1) is 0 Å². The number of carboxylic acids is 1. The molecule has 0 saturated carbocycles. The number of hydrogen-bond donors (Lipinski definition) is 2. The fourth-order valence-electron chi connectivity index (χ4n) is 0.769. The first-order valence-corrected chi connectivity index (χ1v) is 3.10. The third kappa shape index (κ3) is 1.97. The van der Waals surface area contributed by atoms with Gasteiger partial charge in [0.15, 0.2) is 0 Å². The minimum atomic E-state index is -0.958. The van der Waals surface area contributed by atoms with Crippen LogP contribution in [0.5, 0.6) is 5.75 Å². The third-order valence-electron chi connectivity index (χ3n) is 1.26. The Morgan fingerprint density at radius 2 is 2.36 bits per heavy atom. The van der Waals surface area contributed by atoms with Gasteiger partial charge in [0, 0.05) is 11.6 Å². The second kappa shape index (κ2) is 3.05. The molecule has 0 amide bonds. The van der Waals surface area contributed by atoms with Gasteiger partial charge in [-0.1, -0.05) is 18.2 Å². The second-order valence-corrected chi connectivity index (χ2v) is 2.11. The molecule has 57 valence electrons. The predicted octanol–water partition coefficient (Wildman–Crippen LogP) is 0.819. The lowest BCUT2D eigenvalue weighted by Crippen LogP contribution is -1.99. The highest BCUT2D eigenvalue weighted by Gasteiger charge is 2.03. The van der Waals surface area contributed by atoms with Gasteiger partial charge in [0.05, 0.1) is 6.42 Å². The van der Waals surface area contributed by atoms with E-state index in [1.54, 1.807) is 12.1 Å². The Balaban J connectivity index is 2.86. The quantitative estimate of drug-likeness (QED) is 0.657. The summed E-state index contributed by atoms with van der Waals surface area (Å²) >= 11 is 0. The maximum absolute atomic E-state index is 10.2. The van der Waals surface area contributed by atoms with Crippen LogP contribution in [0.3, 0.4) is 0 Å². The van der Waals surface area contributed by atoms with Crippen LogP contribution in [0.4, 0.5) is 0 Å². The Bertz CT molecular complexity index is 268. The highest BCUT2D eigenvalue weighted by Crippen LogP contribution is 2.14. The van der Waals surface area contributed by atoms with Crippen molar-refractivity contribution in [2.45, 2.75) is 6.42 Å². The van der Waals surface area contributed by atoms with Crippen LogP contribution in [-0.4, -0.2) is 16.2 Å². The molecule has 3 heteroatoms. The van der Waals surface area contributed by atoms with Gasteiger partial charge in [-0.2, -0.15) is 0 Å². The summed E-state index contributed by atoms with van der Waals surface area (Å²) in [6, 6.07) is 7.22. The molecule has 0 atom stereocenters. The molecule has 0 heterocycles. The Morgan fingerprint density at radius 3 is 2.91 bits per heavy atom. The van der Waals surface area contributed by atoms with Gasteiger partial charge in [0.2, 0.25) is 0 Å². The SMILES string of the molecule is O=C(O)Cc1ccc[c]c1O. The van der Waals surface area contributed by atoms with Crippen LogP contribution >= 0.6 is 0 Å². The first-order valence-electron chi connectivity index (χ1n) is 3.10. The highest BCUT2D eigenvalue weighted by molar-refractivity contribution is 5.71. The number of hydrogen-bond acceptors (Lipinski definition) is 2. The van der Waals surface area contributed by atoms with Crippen molar-refractivity contribution in [3.8, 4) is 5.75 Å². The zero-order chi connectivity index (χ0) is 8.27. The monoisotopic (exact) mass is 151 g/mol. The first-order chi connectivity index (χ1) is 5.20. The number of phenolic OH excluding ortho intramolecular Hbond substituents is 1. The lowest BCUT2D eigenvalue weighted by atomic mass is 10.1. The zero-order valence-electron chi connectivity index (χ0n) is 5.74. The Labute approximate surface area is 63.9 Å². The summed E-state index contributed by atoms with van der Waals surface area (Å²) in [7, 11) is 0. The molecule has 2 N–H and O–H groups in total. The number of carbonyl (C=O) groups is 1. The minimum absolute atomic E-state index is 0.0881. The fourth-order valence-corrected chi connectivity index (χ4v) is 0.769. The molecule has 0 spiro atoms. The summed E-state index contributed by atoms with van der Waals surface area (Å²) in [4.78, 5) is 10.2. The molecule has 0 saturated heterocycles. The van der Waals surface area contributed by atoms with E-state index >= 15 is 0 Å². The van der Waals surface area contributed by atoms with E-state index in [4.69, 9.17) is 10.2 Å². The lowest BCUT2D eigenvalue weighted by Gasteiger charge is -1.97. The van der Waals surface area contributed by atoms with Crippen molar-refractivity contribution >= 4 is 5.97 Å². The zero-order valence-corrected chi connectivity index (χ0v) is 5.74. The molecule has 0 fully saturated rings. The normalized spacial score (nSPS) is 9.45. The molecule has 1 radical (unpaired) electrons. The van der Waals surface area contributed by atoms with E-state index in [1.165, 1.54) is 6.07 Å². The lowest BCUT2D eigenvalue weighted by molar-refractivity contribution is -0.136. The maximum atomic E-state index is 10.2. The van der Waals surface area contributed by atoms with Crippen molar-refractivity contribution in [1.82, 2.24) is 0 Å². The van der Waals surface area contributed by atoms with Crippen LogP contribution in [0.2, 0.25) is 0 Å². The Hall–Kier alpha value is -1.51. The van der Waals surface area contributed by atoms with Crippen molar-refractivity contribution in [3.63, 3.8) is 0 Å². The smallest absolute Gasteiger partial charge is 0.307 e. The van der Waals surface area contributed by atoms with Gasteiger partial charge in [0.1, 0.15) is 5.75 Å². The first kappa shape index (κ1) is 7.60. The van der Waals surface area contributed by atoms with E-state index < -0.39 is 5.97 Å². The summed E-state index contributed by atoms with van der Waals surface area (Å²) in [5.74, 6) is -1.05. The molecule has 0 aliphatic rings. The van der Waals surface area contributed by atoms with Gasteiger partial charge in [-0.05, 0) is 0 Å². The second-order valence-electron chi connectivity index (χ2n) is 2.11. The van der Waals surface area contributed by atoms with E-state index in [2.05, 4.69) is 6.07 Å². The van der Waals surface area contributed by atoms with E-state index in [0.29, 0.717) is 5.56 Å². The van der Waals surface area contributed by atoms with Crippen LogP contribution in [-0.2, 0) is 11.2 Å². The van der Waals surface area contributed by atoms with Crippen LogP contribution in [0, 0.1) is 6.07 Å². The molecule has 0 aliphatic carbocycles. The molecule has 1 aromatic rings. The van der Waals surface area contributed by atoms with Crippen LogP contribution in [0.15, 0.2) is 18.2 Å². The van der Waals surface area contributed by atoms with Crippen molar-refractivity contribution in [1.29, 1.82) is 0 Å². The largest absolute Gasteiger partial charge is 0.507 e. The van der Waals surface area contributed by atoms with Gasteiger partial charge in [0.25, 0.3) is 0 Å². The van der Waals surface area contributed by atoms with Crippen LogP contribution < -0.4 is 0 Å². The molecular weight excluding hydrogens is 144 g/mol. The molecule has 1 rings (SSSR count). The van der Waals surface area contributed by atoms with Gasteiger partial charge in [-0.3, -0.25) is 4.79 Å². The Morgan fingerprint density at radius 1 is 1.64 bits per heavy atom. The van der Waals surface area contributed by atoms with E-state index in [9.17, 15) is 4.79 Å². The number of phenols is 1. The average molecular weight is 151 g/mol. The standard InChI is InChI=1S/C8H7O3/c9-7-4-2-1-3-6(7)5-8(10)11/h1-3,9H,5H2,(H,10,11). The van der Waals surface area contributed by atoms with Crippen molar-refractivity contribution in [3.05, 3.63) is 29.8 Å². The molecule has 0 bridgehead atoms. The molecule has 11 heavy (non-hydrogen) atoms. The maximum Gasteiger partial charge on any atom is 0.307 e. The highest BCUT2D eigenvalue weighted by atomic mass is 16.4. The molecular formula is C8H7O3. The van der Waals surface area contributed by atoms with Crippen molar-refractivity contribution < 1.29 is 15.0 Å². The third-order valence-corrected chi connectivity index (χ3v) is 1.26. The molecule has 0 aromatic heterocycles. The van der Waals surface area contributed by atoms with E-state index in [1.807, 2.05) is 0 Å². The summed E-state index contributed by atoms with van der Waals surface area (Å²) < 4.78 is 0. The van der Waals surface area contributed by atoms with E-state index in [0.717, 1.165) is 0 Å². The Kier molecular flexibility index (Phi) is 2.11. The minimum Gasteiger partial charge on any atom is -0.507 e. The number of carboxylic acid groups (broad SMARTS) is 1. The number of aromatic hydroxyl groups is 1. The van der Waals surface area contributed by atoms with Crippen LogP contribution in [0.1, 0.15) is 5.56 Å². The molecule has 0 aliphatic heterocycles. The topological polar surface area (TPSA) is 57.5 Å². The average Bonchev–Trinajstić information content (AvgIpc) is 1.93.